The van der Waals surface area contributed by atoms with E-state index in [9.17, 15) is 39.0 Å². The molecule has 0 aromatic rings. The highest BCUT2D eigenvalue weighted by atomic mass is 16.4. The topological polar surface area (TPSA) is 220 Å². The van der Waals surface area contributed by atoms with Crippen molar-refractivity contribution in [1.82, 2.24) is 30.2 Å². The van der Waals surface area contributed by atoms with Crippen LogP contribution in [0.25, 0.3) is 0 Å². The standard InChI is InChI=1S/C22H32N6O10/c29-17(1-2-19(31)32)23-3-4-24-18(30)13-25-5-7-26(14-20(33)34)9-11-28(16-22(37)38)12-10-27(8-6-25)15-21(35)36/h5,7,9-12H,1-4,6,8,13-16H2,(H,23,29)(H,24,30)(H,31,32)(H,33,34)(H,35,36)(H,37,38)/b7-5+,11-9+,12-10-. The van der Waals surface area contributed by atoms with Crippen molar-refractivity contribution in [3.8, 4) is 0 Å². The number of aliphatic carboxylic acids is 4. The van der Waals surface area contributed by atoms with Gasteiger partial charge in [0, 0.05) is 69.8 Å². The van der Waals surface area contributed by atoms with E-state index in [1.54, 1.807) is 0 Å². The van der Waals surface area contributed by atoms with Crippen molar-refractivity contribution in [3.05, 3.63) is 37.2 Å². The number of nitrogens with one attached hydrogen (secondary N) is 2. The molecule has 210 valence electrons. The molecule has 6 N–H and O–H groups in total. The number of carbonyl (C=O) groups excluding carboxylic acids is 2. The summed E-state index contributed by atoms with van der Waals surface area (Å²) in [6.45, 7) is -1.03. The molecule has 0 aromatic heterocycles. The lowest BCUT2D eigenvalue weighted by atomic mass is 10.3. The average Bonchev–Trinajstić information content (AvgIpc) is 2.81. The molecule has 0 atom stereocenters. The summed E-state index contributed by atoms with van der Waals surface area (Å²) in [5.41, 5.74) is 0. The Bertz CT molecular complexity index is 951. The first kappa shape index (κ1) is 31.3. The van der Waals surface area contributed by atoms with Crippen molar-refractivity contribution in [2.45, 2.75) is 12.8 Å². The molecule has 0 bridgehead atoms. The van der Waals surface area contributed by atoms with Gasteiger partial charge in [0.25, 0.3) is 0 Å². The van der Waals surface area contributed by atoms with Crippen molar-refractivity contribution in [2.75, 3.05) is 52.4 Å². The molecule has 2 amide bonds. The smallest absolute Gasteiger partial charge is 0.323 e. The van der Waals surface area contributed by atoms with Crippen molar-refractivity contribution < 1.29 is 49.2 Å². The van der Waals surface area contributed by atoms with Gasteiger partial charge >= 0.3 is 23.9 Å². The van der Waals surface area contributed by atoms with Crippen molar-refractivity contribution in [2.24, 2.45) is 0 Å². The third kappa shape index (κ3) is 15.3. The molecule has 1 heterocycles. The first-order chi connectivity index (χ1) is 17.9. The number of carboxylic acids is 4. The maximum Gasteiger partial charge on any atom is 0.323 e. The molecular formula is C22H32N6O10. The van der Waals surface area contributed by atoms with E-state index in [1.807, 2.05) is 0 Å². The van der Waals surface area contributed by atoms with E-state index in [1.165, 1.54) is 56.8 Å². The molecule has 0 aliphatic carbocycles. The van der Waals surface area contributed by atoms with Crippen LogP contribution in [0.1, 0.15) is 12.8 Å². The van der Waals surface area contributed by atoms with Crippen LogP contribution in [-0.2, 0) is 28.8 Å². The molecule has 0 aromatic carbocycles. The fourth-order valence-corrected chi connectivity index (χ4v) is 2.95. The van der Waals surface area contributed by atoms with Gasteiger partial charge in [0.15, 0.2) is 0 Å². The van der Waals surface area contributed by atoms with Gasteiger partial charge in [-0.25, -0.2) is 0 Å². The van der Waals surface area contributed by atoms with Crippen LogP contribution in [0.2, 0.25) is 0 Å². The molecule has 0 spiro atoms. The second kappa shape index (κ2) is 16.8. The van der Waals surface area contributed by atoms with Crippen molar-refractivity contribution >= 4 is 35.7 Å². The fraction of sp³-hybridized carbons (Fsp3) is 0.455. The number of hydrogen-bond donors (Lipinski definition) is 6. The first-order valence-corrected chi connectivity index (χ1v) is 11.4. The summed E-state index contributed by atoms with van der Waals surface area (Å²) < 4.78 is 0. The maximum atomic E-state index is 12.4. The Morgan fingerprint density at radius 1 is 0.526 bits per heavy atom. The van der Waals surface area contributed by atoms with Crippen molar-refractivity contribution in [1.29, 1.82) is 0 Å². The van der Waals surface area contributed by atoms with Crippen LogP contribution in [0.4, 0.5) is 0 Å². The minimum Gasteiger partial charge on any atom is -0.481 e. The molecule has 38 heavy (non-hydrogen) atoms. The Morgan fingerprint density at radius 2 is 0.947 bits per heavy atom. The van der Waals surface area contributed by atoms with Crippen LogP contribution in [0.15, 0.2) is 37.2 Å². The Morgan fingerprint density at radius 3 is 1.39 bits per heavy atom. The highest BCUT2D eigenvalue weighted by Crippen LogP contribution is 2.04. The molecule has 0 fully saturated rings. The van der Waals surface area contributed by atoms with E-state index >= 15 is 0 Å². The molecule has 0 saturated heterocycles. The van der Waals surface area contributed by atoms with E-state index in [-0.39, 0.29) is 45.6 Å². The molecular weight excluding hydrogens is 508 g/mol. The monoisotopic (exact) mass is 540 g/mol. The van der Waals surface area contributed by atoms with Gasteiger partial charge in [0.05, 0.1) is 13.0 Å². The Balaban J connectivity index is 2.91. The summed E-state index contributed by atoms with van der Waals surface area (Å²) in [5.74, 6) is -5.44. The molecule has 0 saturated carbocycles. The first-order valence-electron chi connectivity index (χ1n) is 11.4. The lowest BCUT2D eigenvalue weighted by molar-refractivity contribution is -0.139. The second-order valence-corrected chi connectivity index (χ2v) is 7.95. The van der Waals surface area contributed by atoms with Crippen LogP contribution in [0.3, 0.4) is 0 Å². The van der Waals surface area contributed by atoms with E-state index in [2.05, 4.69) is 10.6 Å². The normalized spacial score (nSPS) is 16.4. The molecule has 16 nitrogen and oxygen atoms in total. The van der Waals surface area contributed by atoms with E-state index in [0.29, 0.717) is 0 Å². The SMILES string of the molecule is O=C(O)CCC(=O)NCCNC(=O)CN1/C=C/N(CC(=O)O)/C=C/N(CC(=O)O)/C=C\N(CC(=O)O)CC1. The molecule has 1 aliphatic rings. The fourth-order valence-electron chi connectivity index (χ4n) is 2.95. The zero-order chi connectivity index (χ0) is 28.5. The molecule has 0 unspecified atom stereocenters. The third-order valence-corrected chi connectivity index (χ3v) is 4.72. The zero-order valence-electron chi connectivity index (χ0n) is 20.6. The number of carboxylic acid groups (broad SMARTS) is 4. The van der Waals surface area contributed by atoms with Crippen LogP contribution in [0, 0.1) is 0 Å². The Kier molecular flexibility index (Phi) is 13.8. The minimum absolute atomic E-state index is 0.0797. The van der Waals surface area contributed by atoms with Crippen LogP contribution in [-0.4, -0.2) is 128 Å². The van der Waals surface area contributed by atoms with Gasteiger partial charge in [-0.15, -0.1) is 0 Å². The van der Waals surface area contributed by atoms with Gasteiger partial charge < -0.3 is 50.7 Å². The number of carbonyl (C=O) groups is 6. The summed E-state index contributed by atoms with van der Waals surface area (Å²) in [7, 11) is 0. The average molecular weight is 541 g/mol. The zero-order valence-corrected chi connectivity index (χ0v) is 20.6. The Hall–Kier alpha value is -4.76. The summed E-state index contributed by atoms with van der Waals surface area (Å²) in [4.78, 5) is 73.6. The lowest BCUT2D eigenvalue weighted by Crippen LogP contribution is -2.41. The molecule has 1 aliphatic heterocycles. The van der Waals surface area contributed by atoms with E-state index in [4.69, 9.17) is 10.2 Å². The largest absolute Gasteiger partial charge is 0.481 e. The van der Waals surface area contributed by atoms with Crippen molar-refractivity contribution in [3.63, 3.8) is 0 Å². The van der Waals surface area contributed by atoms with E-state index in [0.717, 1.165) is 0 Å². The number of rotatable bonds is 14. The van der Waals surface area contributed by atoms with Crippen LogP contribution >= 0.6 is 0 Å². The summed E-state index contributed by atoms with van der Waals surface area (Å²) in [6.07, 6.45) is 7.72. The summed E-state index contributed by atoms with van der Waals surface area (Å²) in [6, 6.07) is 0. The summed E-state index contributed by atoms with van der Waals surface area (Å²) in [5, 5.41) is 41.2. The van der Waals surface area contributed by atoms with Gasteiger partial charge in [-0.3, -0.25) is 28.8 Å². The molecule has 0 radical (unpaired) electrons. The summed E-state index contributed by atoms with van der Waals surface area (Å²) >= 11 is 0. The maximum absolute atomic E-state index is 12.4. The third-order valence-electron chi connectivity index (χ3n) is 4.72. The van der Waals surface area contributed by atoms with Gasteiger partial charge in [-0.2, -0.15) is 0 Å². The van der Waals surface area contributed by atoms with Gasteiger partial charge in [-0.05, 0) is 0 Å². The highest BCUT2D eigenvalue weighted by molar-refractivity contribution is 5.81. The quantitative estimate of drug-likeness (QED) is 0.131. The number of amides is 2. The van der Waals surface area contributed by atoms with Gasteiger partial charge in [0.1, 0.15) is 19.6 Å². The highest BCUT2D eigenvalue weighted by Gasteiger charge is 2.13. The predicted molar refractivity (Wildman–Crippen MR) is 130 cm³/mol. The van der Waals surface area contributed by atoms with E-state index < -0.39 is 55.3 Å². The molecule has 16 heteroatoms. The van der Waals surface area contributed by atoms with Crippen LogP contribution < -0.4 is 10.6 Å². The van der Waals surface area contributed by atoms with Gasteiger partial charge in [0.2, 0.25) is 11.8 Å². The Labute approximate surface area is 218 Å². The minimum atomic E-state index is -1.16. The number of nitrogens with zero attached hydrogens (tertiary/aromatic N) is 4. The second-order valence-electron chi connectivity index (χ2n) is 7.95. The number of hydrogen-bond acceptors (Lipinski definition) is 10. The predicted octanol–water partition coefficient (Wildman–Crippen LogP) is -2.03. The van der Waals surface area contributed by atoms with Crippen LogP contribution in [0.5, 0.6) is 0 Å². The lowest BCUT2D eigenvalue weighted by Gasteiger charge is -2.27. The molecule has 1 rings (SSSR count). The van der Waals surface area contributed by atoms with Gasteiger partial charge in [-0.1, -0.05) is 0 Å².